The molecular weight excluding hydrogens is 170 g/mol. The Kier molecular flexibility index (Phi) is 3.63. The van der Waals surface area contributed by atoms with Crippen molar-refractivity contribution in [2.24, 2.45) is 11.3 Å². The van der Waals surface area contributed by atoms with Gasteiger partial charge in [-0.15, -0.1) is 0 Å². The highest BCUT2D eigenvalue weighted by Gasteiger charge is 2.35. The third kappa shape index (κ3) is 3.27. The second-order valence-corrected chi connectivity index (χ2v) is 6.28. The third-order valence-corrected chi connectivity index (χ3v) is 3.56. The van der Waals surface area contributed by atoms with E-state index < -0.39 is 0 Å². The summed E-state index contributed by atoms with van der Waals surface area (Å²) < 4.78 is 0. The molecule has 0 radical (unpaired) electrons. The molecule has 1 aliphatic rings. The van der Waals surface area contributed by atoms with Crippen molar-refractivity contribution in [2.75, 3.05) is 6.54 Å². The van der Waals surface area contributed by atoms with Gasteiger partial charge in [0.05, 0.1) is 0 Å². The van der Waals surface area contributed by atoms with Crippen molar-refractivity contribution in [3.8, 4) is 0 Å². The molecule has 14 heavy (non-hydrogen) atoms. The van der Waals surface area contributed by atoms with Crippen LogP contribution in [0.15, 0.2) is 0 Å². The second kappa shape index (κ2) is 4.22. The van der Waals surface area contributed by atoms with Crippen molar-refractivity contribution in [1.29, 1.82) is 0 Å². The van der Waals surface area contributed by atoms with Crippen LogP contribution >= 0.6 is 0 Å². The van der Waals surface area contributed by atoms with Gasteiger partial charge in [-0.1, -0.05) is 27.7 Å². The maximum atomic E-state index is 3.68. The number of nitrogens with one attached hydrogen (secondary N) is 1. The molecule has 1 aliphatic carbocycles. The topological polar surface area (TPSA) is 12.0 Å². The maximum absolute atomic E-state index is 3.68. The van der Waals surface area contributed by atoms with Crippen molar-refractivity contribution in [2.45, 2.75) is 65.8 Å². The van der Waals surface area contributed by atoms with Crippen LogP contribution < -0.4 is 5.32 Å². The first-order valence-electron chi connectivity index (χ1n) is 6.12. The van der Waals surface area contributed by atoms with Crippen molar-refractivity contribution in [3.05, 3.63) is 0 Å². The van der Waals surface area contributed by atoms with Crippen LogP contribution in [0.25, 0.3) is 0 Å². The summed E-state index contributed by atoms with van der Waals surface area (Å²) in [5.74, 6) is 0.894. The first-order chi connectivity index (χ1) is 6.37. The molecule has 0 aromatic heterocycles. The standard InChI is InChI=1S/C13H27N/c1-6-14-13(5)8-7-11(2)9-12(3,4)10-13/h11,14H,6-10H2,1-5H3. The second-order valence-electron chi connectivity index (χ2n) is 6.28. The molecule has 0 heterocycles. The van der Waals surface area contributed by atoms with Gasteiger partial charge in [0.2, 0.25) is 0 Å². The van der Waals surface area contributed by atoms with E-state index in [1.165, 1.54) is 25.7 Å². The summed E-state index contributed by atoms with van der Waals surface area (Å²) in [6.07, 6.45) is 5.42. The fraction of sp³-hybridized carbons (Fsp3) is 1.00. The van der Waals surface area contributed by atoms with Gasteiger partial charge in [-0.05, 0) is 50.5 Å². The van der Waals surface area contributed by atoms with E-state index in [1.807, 2.05) is 0 Å². The van der Waals surface area contributed by atoms with Crippen LogP contribution in [-0.4, -0.2) is 12.1 Å². The van der Waals surface area contributed by atoms with Gasteiger partial charge in [0.15, 0.2) is 0 Å². The van der Waals surface area contributed by atoms with Crippen molar-refractivity contribution >= 4 is 0 Å². The highest BCUT2D eigenvalue weighted by atomic mass is 15.0. The zero-order valence-corrected chi connectivity index (χ0v) is 10.6. The molecule has 0 amide bonds. The fourth-order valence-electron chi connectivity index (χ4n) is 3.40. The minimum absolute atomic E-state index is 0.378. The van der Waals surface area contributed by atoms with Crippen LogP contribution in [0.4, 0.5) is 0 Å². The van der Waals surface area contributed by atoms with Gasteiger partial charge in [-0.2, -0.15) is 0 Å². The van der Waals surface area contributed by atoms with Crippen LogP contribution in [0.3, 0.4) is 0 Å². The SMILES string of the molecule is CCNC1(C)CCC(C)CC(C)(C)C1. The predicted octanol–water partition coefficient (Wildman–Crippen LogP) is 3.59. The van der Waals surface area contributed by atoms with Crippen LogP contribution in [0.1, 0.15) is 60.3 Å². The molecule has 0 aromatic carbocycles. The van der Waals surface area contributed by atoms with Gasteiger partial charge >= 0.3 is 0 Å². The molecule has 0 aromatic rings. The number of hydrogen-bond acceptors (Lipinski definition) is 1. The Hall–Kier alpha value is -0.0400. The molecule has 84 valence electrons. The van der Waals surface area contributed by atoms with E-state index in [2.05, 4.69) is 39.9 Å². The lowest BCUT2D eigenvalue weighted by Gasteiger charge is -2.36. The quantitative estimate of drug-likeness (QED) is 0.667. The first kappa shape index (κ1) is 12.0. The lowest BCUT2D eigenvalue weighted by atomic mass is 9.77. The molecule has 2 atom stereocenters. The lowest BCUT2D eigenvalue weighted by Crippen LogP contribution is -2.44. The average molecular weight is 197 g/mol. The van der Waals surface area contributed by atoms with Gasteiger partial charge in [0, 0.05) is 5.54 Å². The normalized spacial score (nSPS) is 37.9. The van der Waals surface area contributed by atoms with Crippen LogP contribution in [0.2, 0.25) is 0 Å². The summed E-state index contributed by atoms with van der Waals surface area (Å²) >= 11 is 0. The minimum Gasteiger partial charge on any atom is -0.312 e. The molecule has 0 spiro atoms. The van der Waals surface area contributed by atoms with E-state index in [0.717, 1.165) is 12.5 Å². The van der Waals surface area contributed by atoms with Gasteiger partial charge in [-0.3, -0.25) is 0 Å². The number of hydrogen-bond donors (Lipinski definition) is 1. The van der Waals surface area contributed by atoms with E-state index in [9.17, 15) is 0 Å². The summed E-state index contributed by atoms with van der Waals surface area (Å²) in [6.45, 7) is 13.0. The van der Waals surface area contributed by atoms with Gasteiger partial charge in [0.25, 0.3) is 0 Å². The summed E-state index contributed by atoms with van der Waals surface area (Å²) in [4.78, 5) is 0. The molecule has 1 nitrogen and oxygen atoms in total. The lowest BCUT2D eigenvalue weighted by molar-refractivity contribution is 0.208. The summed E-state index contributed by atoms with van der Waals surface area (Å²) in [5, 5.41) is 3.68. The van der Waals surface area contributed by atoms with E-state index >= 15 is 0 Å². The number of rotatable bonds is 2. The van der Waals surface area contributed by atoms with E-state index in [4.69, 9.17) is 0 Å². The van der Waals surface area contributed by atoms with Gasteiger partial charge in [-0.25, -0.2) is 0 Å². The summed E-state index contributed by atoms with van der Waals surface area (Å²) in [5.41, 5.74) is 0.885. The Morgan fingerprint density at radius 2 is 1.93 bits per heavy atom. The summed E-state index contributed by atoms with van der Waals surface area (Å²) in [6, 6.07) is 0. The largest absolute Gasteiger partial charge is 0.312 e. The molecule has 0 bridgehead atoms. The zero-order valence-electron chi connectivity index (χ0n) is 10.6. The van der Waals surface area contributed by atoms with Gasteiger partial charge < -0.3 is 5.32 Å². The monoisotopic (exact) mass is 197 g/mol. The van der Waals surface area contributed by atoms with Crippen LogP contribution in [0, 0.1) is 11.3 Å². The highest BCUT2D eigenvalue weighted by molar-refractivity contribution is 4.92. The van der Waals surface area contributed by atoms with Crippen LogP contribution in [-0.2, 0) is 0 Å². The van der Waals surface area contributed by atoms with Crippen molar-refractivity contribution in [3.63, 3.8) is 0 Å². The molecule has 1 rings (SSSR count). The Bertz CT molecular complexity index is 186. The Morgan fingerprint density at radius 3 is 2.50 bits per heavy atom. The minimum atomic E-state index is 0.378. The molecular formula is C13H27N. The average Bonchev–Trinajstić information content (AvgIpc) is 2.07. The molecule has 0 saturated heterocycles. The van der Waals surface area contributed by atoms with Crippen LogP contribution in [0.5, 0.6) is 0 Å². The van der Waals surface area contributed by atoms with E-state index in [1.54, 1.807) is 0 Å². The maximum Gasteiger partial charge on any atom is 0.0158 e. The molecule has 2 unspecified atom stereocenters. The third-order valence-electron chi connectivity index (χ3n) is 3.56. The van der Waals surface area contributed by atoms with E-state index in [-0.39, 0.29) is 0 Å². The Morgan fingerprint density at radius 1 is 1.29 bits per heavy atom. The van der Waals surface area contributed by atoms with Crippen molar-refractivity contribution < 1.29 is 0 Å². The fourth-order valence-corrected chi connectivity index (χ4v) is 3.40. The summed E-state index contributed by atoms with van der Waals surface area (Å²) in [7, 11) is 0. The van der Waals surface area contributed by atoms with Crippen molar-refractivity contribution in [1.82, 2.24) is 5.32 Å². The zero-order chi connectivity index (χ0) is 10.8. The molecule has 1 saturated carbocycles. The highest BCUT2D eigenvalue weighted by Crippen LogP contribution is 2.41. The molecule has 0 aliphatic heterocycles. The predicted molar refractivity (Wildman–Crippen MR) is 63.5 cm³/mol. The molecule has 1 fully saturated rings. The van der Waals surface area contributed by atoms with Gasteiger partial charge in [0.1, 0.15) is 0 Å². The van der Waals surface area contributed by atoms with E-state index in [0.29, 0.717) is 11.0 Å². The molecule has 1 N–H and O–H groups in total. The Balaban J connectivity index is 2.70. The molecule has 1 heteroatoms. The first-order valence-corrected chi connectivity index (χ1v) is 6.12. The Labute approximate surface area is 89.7 Å². The smallest absolute Gasteiger partial charge is 0.0158 e.